The van der Waals surface area contributed by atoms with Crippen LogP contribution in [0.2, 0.25) is 0 Å². The van der Waals surface area contributed by atoms with Crippen molar-refractivity contribution in [1.82, 2.24) is 4.90 Å². The number of carbonyl (C=O) groups is 2. The van der Waals surface area contributed by atoms with Gasteiger partial charge in [-0.1, -0.05) is 19.1 Å². The van der Waals surface area contributed by atoms with E-state index in [0.29, 0.717) is 12.3 Å². The molecular weight excluding hydrogens is 280 g/mol. The molecule has 5 nitrogen and oxygen atoms in total. The molecule has 5 heteroatoms. The molecule has 0 bridgehead atoms. The Kier molecular flexibility index (Phi) is 2.58. The molecule has 1 aromatic rings. The highest BCUT2D eigenvalue weighted by Crippen LogP contribution is 2.44. The van der Waals surface area contributed by atoms with Crippen LogP contribution in [-0.4, -0.2) is 33.7 Å². The predicted octanol–water partition coefficient (Wildman–Crippen LogP) is 1.76. The Morgan fingerprint density at radius 3 is 2.82 bits per heavy atom. The molecule has 1 fully saturated rings. The Morgan fingerprint density at radius 1 is 1.27 bits per heavy atom. The fraction of sp³-hybridized carbons (Fsp3) is 0.353. The summed E-state index contributed by atoms with van der Waals surface area (Å²) in [6.45, 7) is 3.69. The maximum Gasteiger partial charge on any atom is 0.252 e. The van der Waals surface area contributed by atoms with E-state index in [-0.39, 0.29) is 29.5 Å². The smallest absolute Gasteiger partial charge is 0.252 e. The molecule has 2 heterocycles. The maximum atomic E-state index is 12.9. The second kappa shape index (κ2) is 4.29. The summed E-state index contributed by atoms with van der Waals surface area (Å²) in [5.74, 6) is -0.317. The van der Waals surface area contributed by atoms with Crippen molar-refractivity contribution in [2.24, 2.45) is 10.9 Å². The third-order valence-electron chi connectivity index (χ3n) is 5.00. The minimum Gasteiger partial charge on any atom is -0.508 e. The number of amidine groups is 1. The average molecular weight is 296 g/mol. The normalized spacial score (nSPS) is 29.5. The third kappa shape index (κ3) is 1.56. The van der Waals surface area contributed by atoms with E-state index in [4.69, 9.17) is 0 Å². The van der Waals surface area contributed by atoms with Gasteiger partial charge in [-0.15, -0.1) is 0 Å². The van der Waals surface area contributed by atoms with Gasteiger partial charge in [-0.3, -0.25) is 14.5 Å². The minimum atomic E-state index is -0.449. The average Bonchev–Trinajstić information content (AvgIpc) is 2.78. The molecule has 0 radical (unpaired) electrons. The molecule has 3 aliphatic rings. The van der Waals surface area contributed by atoms with Crippen LogP contribution in [0.1, 0.15) is 30.9 Å². The van der Waals surface area contributed by atoms with Gasteiger partial charge in [0.2, 0.25) is 5.91 Å². The molecule has 112 valence electrons. The van der Waals surface area contributed by atoms with Crippen molar-refractivity contribution < 1.29 is 14.7 Å². The van der Waals surface area contributed by atoms with Crippen molar-refractivity contribution in [1.29, 1.82) is 0 Å². The molecule has 0 aromatic heterocycles. The van der Waals surface area contributed by atoms with Crippen molar-refractivity contribution >= 4 is 17.6 Å². The summed E-state index contributed by atoms with van der Waals surface area (Å²) in [7, 11) is 0. The van der Waals surface area contributed by atoms with Crippen LogP contribution in [0, 0.1) is 5.92 Å². The van der Waals surface area contributed by atoms with E-state index < -0.39 is 5.92 Å². The molecule has 1 N–H and O–H groups in total. The summed E-state index contributed by atoms with van der Waals surface area (Å²) in [5, 5.41) is 9.76. The molecule has 0 saturated carbocycles. The van der Waals surface area contributed by atoms with Crippen LogP contribution in [0.3, 0.4) is 0 Å². The van der Waals surface area contributed by atoms with Gasteiger partial charge in [-0.05, 0) is 36.6 Å². The Labute approximate surface area is 128 Å². The number of aliphatic imine (C=N–C) groups is 1. The van der Waals surface area contributed by atoms with Crippen LogP contribution in [0.25, 0.3) is 0 Å². The first-order valence-corrected chi connectivity index (χ1v) is 7.47. The van der Waals surface area contributed by atoms with E-state index in [9.17, 15) is 14.7 Å². The first kappa shape index (κ1) is 13.2. The molecule has 1 aliphatic carbocycles. The lowest BCUT2D eigenvalue weighted by molar-refractivity contribution is -0.131. The second-order valence-electron chi connectivity index (χ2n) is 6.19. The van der Waals surface area contributed by atoms with E-state index in [1.54, 1.807) is 24.0 Å². The van der Waals surface area contributed by atoms with Crippen LogP contribution < -0.4 is 0 Å². The lowest BCUT2D eigenvalue weighted by Gasteiger charge is -2.31. The van der Waals surface area contributed by atoms with Gasteiger partial charge in [0.05, 0.1) is 11.8 Å². The van der Waals surface area contributed by atoms with Crippen molar-refractivity contribution in [3.63, 3.8) is 0 Å². The zero-order valence-corrected chi connectivity index (χ0v) is 12.4. The van der Waals surface area contributed by atoms with Gasteiger partial charge in [0, 0.05) is 11.6 Å². The summed E-state index contributed by atoms with van der Waals surface area (Å²) < 4.78 is 0. The lowest BCUT2D eigenvalue weighted by Crippen LogP contribution is -2.47. The maximum absolute atomic E-state index is 12.9. The van der Waals surface area contributed by atoms with Crippen LogP contribution in [0.15, 0.2) is 34.8 Å². The van der Waals surface area contributed by atoms with Crippen LogP contribution >= 0.6 is 0 Å². The second-order valence-corrected chi connectivity index (χ2v) is 6.19. The molecule has 4 rings (SSSR count). The molecule has 1 unspecified atom stereocenters. The molecule has 22 heavy (non-hydrogen) atoms. The number of aromatic hydroxyl groups is 1. The number of rotatable bonds is 0. The van der Waals surface area contributed by atoms with Gasteiger partial charge in [0.1, 0.15) is 11.6 Å². The largest absolute Gasteiger partial charge is 0.508 e. The SMILES string of the molecule is C[C@@H]1C(=O)N=C2C3=CCc4ccc(O)cc4C3C(=O)N2[C@@H]1C. The minimum absolute atomic E-state index is 0.0524. The summed E-state index contributed by atoms with van der Waals surface area (Å²) in [5.41, 5.74) is 2.66. The fourth-order valence-corrected chi connectivity index (χ4v) is 3.56. The van der Waals surface area contributed by atoms with Crippen LogP contribution in [-0.2, 0) is 16.0 Å². The molecular formula is C17H16N2O3. The van der Waals surface area contributed by atoms with Gasteiger partial charge in [-0.25, -0.2) is 0 Å². The van der Waals surface area contributed by atoms with Crippen molar-refractivity contribution in [3.8, 4) is 5.75 Å². The number of hydrogen-bond donors (Lipinski definition) is 1. The molecule has 3 atom stereocenters. The van der Waals surface area contributed by atoms with E-state index in [1.807, 2.05) is 19.1 Å². The summed E-state index contributed by atoms with van der Waals surface area (Å²) in [4.78, 5) is 30.8. The third-order valence-corrected chi connectivity index (χ3v) is 5.00. The molecule has 1 saturated heterocycles. The summed E-state index contributed by atoms with van der Waals surface area (Å²) in [6, 6.07) is 4.94. The van der Waals surface area contributed by atoms with Gasteiger partial charge >= 0.3 is 0 Å². The number of fused-ring (bicyclic) bond motifs is 5. The Hall–Kier alpha value is -2.43. The Morgan fingerprint density at radius 2 is 2.05 bits per heavy atom. The standard InChI is InChI=1S/C17H16N2O3/c1-8-9(2)19-15(18-16(8)21)12-6-4-10-3-5-11(20)7-13(10)14(12)17(19)22/h3,5-9,14,20H,4H2,1-2H3/t8-,9+,14?/m0/s1. The zero-order chi connectivity index (χ0) is 15.6. The molecule has 2 amide bonds. The first-order valence-electron chi connectivity index (χ1n) is 7.47. The summed E-state index contributed by atoms with van der Waals surface area (Å²) in [6.07, 6.45) is 2.66. The molecule has 2 aliphatic heterocycles. The zero-order valence-electron chi connectivity index (χ0n) is 12.4. The number of hydrogen-bond acceptors (Lipinski definition) is 3. The van der Waals surface area contributed by atoms with Crippen LogP contribution in [0.4, 0.5) is 0 Å². The highest BCUT2D eigenvalue weighted by Gasteiger charge is 2.50. The van der Waals surface area contributed by atoms with Gasteiger partial charge in [0.25, 0.3) is 5.91 Å². The summed E-state index contributed by atoms with van der Waals surface area (Å²) >= 11 is 0. The van der Waals surface area contributed by atoms with E-state index in [0.717, 1.165) is 16.7 Å². The van der Waals surface area contributed by atoms with Gasteiger partial charge < -0.3 is 5.11 Å². The quantitative estimate of drug-likeness (QED) is 0.793. The Bertz CT molecular complexity index is 778. The van der Waals surface area contributed by atoms with Crippen molar-refractivity contribution in [2.75, 3.05) is 0 Å². The number of allylic oxidation sites excluding steroid dienone is 1. The number of phenolic OH excluding ortho intramolecular Hbond substituents is 1. The predicted molar refractivity (Wildman–Crippen MR) is 80.5 cm³/mol. The number of carbonyl (C=O) groups excluding carboxylic acids is 2. The highest BCUT2D eigenvalue weighted by atomic mass is 16.3. The van der Waals surface area contributed by atoms with Gasteiger partial charge in [-0.2, -0.15) is 4.99 Å². The molecule has 0 spiro atoms. The fourth-order valence-electron chi connectivity index (χ4n) is 3.56. The van der Waals surface area contributed by atoms with E-state index in [2.05, 4.69) is 4.99 Å². The lowest BCUT2D eigenvalue weighted by atomic mass is 9.83. The number of nitrogens with zero attached hydrogens (tertiary/aromatic N) is 2. The number of phenols is 1. The number of benzene rings is 1. The first-order chi connectivity index (χ1) is 10.5. The van der Waals surface area contributed by atoms with E-state index >= 15 is 0 Å². The molecule has 1 aromatic carbocycles. The van der Waals surface area contributed by atoms with Gasteiger partial charge in [0.15, 0.2) is 0 Å². The topological polar surface area (TPSA) is 70.0 Å². The van der Waals surface area contributed by atoms with Crippen LogP contribution in [0.5, 0.6) is 5.75 Å². The van der Waals surface area contributed by atoms with E-state index in [1.165, 1.54) is 0 Å². The van der Waals surface area contributed by atoms with Crippen molar-refractivity contribution in [3.05, 3.63) is 41.0 Å². The van der Waals surface area contributed by atoms with Crippen molar-refractivity contribution in [2.45, 2.75) is 32.2 Å². The highest BCUT2D eigenvalue weighted by molar-refractivity contribution is 6.23. The Balaban J connectivity index is 1.90. The number of amides is 2. The monoisotopic (exact) mass is 296 g/mol.